The Morgan fingerprint density at radius 1 is 1.14 bits per heavy atom. The van der Waals surface area contributed by atoms with Crippen LogP contribution in [0.4, 0.5) is 0 Å². The van der Waals surface area contributed by atoms with Gasteiger partial charge >= 0.3 is 0 Å². The summed E-state index contributed by atoms with van der Waals surface area (Å²) in [5.41, 5.74) is 0.957. The molecule has 1 heterocycles. The Morgan fingerprint density at radius 3 is 2.29 bits per heavy atom. The van der Waals surface area contributed by atoms with Crippen LogP contribution in [-0.4, -0.2) is 36.1 Å². The van der Waals surface area contributed by atoms with Gasteiger partial charge in [0.05, 0.1) is 0 Å². The quantitative estimate of drug-likeness (QED) is 0.688. The molecule has 0 aromatic rings. The van der Waals surface area contributed by atoms with Gasteiger partial charge in [0.2, 0.25) is 0 Å². The van der Waals surface area contributed by atoms with Crippen LogP contribution >= 0.6 is 0 Å². The molecule has 1 aliphatic carbocycles. The van der Waals surface area contributed by atoms with E-state index in [2.05, 4.69) is 37.9 Å². The Bertz CT molecular complexity index is 216. The van der Waals surface area contributed by atoms with Crippen LogP contribution < -0.4 is 5.32 Å². The van der Waals surface area contributed by atoms with Crippen LogP contribution in [0.2, 0.25) is 0 Å². The third kappa shape index (κ3) is 1.82. The Hall–Kier alpha value is -0.0800. The first-order valence-electron chi connectivity index (χ1n) is 5.93. The zero-order valence-corrected chi connectivity index (χ0v) is 10.1. The lowest BCUT2D eigenvalue weighted by molar-refractivity contribution is 0.0806. The van der Waals surface area contributed by atoms with Crippen LogP contribution in [0.5, 0.6) is 0 Å². The molecule has 82 valence electrons. The molecule has 2 nitrogen and oxygen atoms in total. The van der Waals surface area contributed by atoms with Crippen LogP contribution in [0.15, 0.2) is 0 Å². The average molecular weight is 196 g/mol. The van der Waals surface area contributed by atoms with Crippen molar-refractivity contribution in [2.45, 2.75) is 52.1 Å². The van der Waals surface area contributed by atoms with E-state index < -0.39 is 0 Å². The molecule has 1 saturated carbocycles. The third-order valence-corrected chi connectivity index (χ3v) is 3.92. The lowest BCUT2D eigenvalue weighted by Crippen LogP contribution is -2.52. The first-order chi connectivity index (χ1) is 6.45. The van der Waals surface area contributed by atoms with Crippen LogP contribution in [0.3, 0.4) is 0 Å². The predicted molar refractivity (Wildman–Crippen MR) is 60.5 cm³/mol. The first kappa shape index (κ1) is 10.4. The van der Waals surface area contributed by atoms with E-state index in [-0.39, 0.29) is 0 Å². The molecule has 0 aromatic heterocycles. The van der Waals surface area contributed by atoms with E-state index >= 15 is 0 Å². The smallest absolute Gasteiger partial charge is 0.0280 e. The van der Waals surface area contributed by atoms with E-state index in [1.54, 1.807) is 0 Å². The van der Waals surface area contributed by atoms with E-state index in [1.807, 2.05) is 0 Å². The van der Waals surface area contributed by atoms with Gasteiger partial charge in [-0.3, -0.25) is 4.90 Å². The fourth-order valence-electron chi connectivity index (χ4n) is 2.76. The van der Waals surface area contributed by atoms with Crippen molar-refractivity contribution in [3.8, 4) is 0 Å². The molecule has 0 aromatic carbocycles. The molecule has 0 radical (unpaired) electrons. The van der Waals surface area contributed by atoms with Crippen molar-refractivity contribution >= 4 is 0 Å². The lowest BCUT2D eigenvalue weighted by Gasteiger charge is -2.41. The summed E-state index contributed by atoms with van der Waals surface area (Å²) in [7, 11) is 0. The van der Waals surface area contributed by atoms with Crippen molar-refractivity contribution in [2.24, 2.45) is 5.41 Å². The summed E-state index contributed by atoms with van der Waals surface area (Å²) < 4.78 is 0. The molecule has 0 unspecified atom stereocenters. The SMILES string of the molecule is CC(C)N1CC2(CC2)CNCC1(C)C. The summed E-state index contributed by atoms with van der Waals surface area (Å²) in [6, 6.07) is 0.669. The monoisotopic (exact) mass is 196 g/mol. The number of rotatable bonds is 1. The molecular formula is C12H24N2. The van der Waals surface area contributed by atoms with Gasteiger partial charge in [0, 0.05) is 31.2 Å². The maximum Gasteiger partial charge on any atom is 0.0280 e. The summed E-state index contributed by atoms with van der Waals surface area (Å²) in [6.07, 6.45) is 2.86. The molecule has 2 fully saturated rings. The van der Waals surface area contributed by atoms with Crippen molar-refractivity contribution in [3.05, 3.63) is 0 Å². The molecular weight excluding hydrogens is 172 g/mol. The Morgan fingerprint density at radius 2 is 1.79 bits per heavy atom. The van der Waals surface area contributed by atoms with Gasteiger partial charge < -0.3 is 5.32 Å². The summed E-state index contributed by atoms with van der Waals surface area (Å²) in [5, 5.41) is 3.63. The van der Waals surface area contributed by atoms with Gasteiger partial charge in [0.1, 0.15) is 0 Å². The molecule has 0 amide bonds. The second kappa shape index (κ2) is 3.21. The predicted octanol–water partition coefficient (Wildman–Crippen LogP) is 1.86. The molecule has 1 spiro atoms. The highest BCUT2D eigenvalue weighted by atomic mass is 15.3. The fraction of sp³-hybridized carbons (Fsp3) is 1.00. The summed E-state index contributed by atoms with van der Waals surface area (Å²) in [4.78, 5) is 2.68. The second-order valence-electron chi connectivity index (χ2n) is 6.14. The zero-order chi connectivity index (χ0) is 10.4. The Balaban J connectivity index is 2.14. The van der Waals surface area contributed by atoms with Crippen LogP contribution in [-0.2, 0) is 0 Å². The maximum absolute atomic E-state index is 3.63. The van der Waals surface area contributed by atoms with Gasteiger partial charge in [-0.1, -0.05) is 0 Å². The van der Waals surface area contributed by atoms with E-state index in [0.717, 1.165) is 6.54 Å². The summed E-state index contributed by atoms with van der Waals surface area (Å²) >= 11 is 0. The van der Waals surface area contributed by atoms with Gasteiger partial charge in [0.15, 0.2) is 0 Å². The van der Waals surface area contributed by atoms with E-state index in [9.17, 15) is 0 Å². The van der Waals surface area contributed by atoms with E-state index in [4.69, 9.17) is 0 Å². The minimum Gasteiger partial charge on any atom is -0.314 e. The molecule has 2 aliphatic rings. The van der Waals surface area contributed by atoms with Gasteiger partial charge in [-0.25, -0.2) is 0 Å². The summed E-state index contributed by atoms with van der Waals surface area (Å²) in [5.74, 6) is 0. The number of nitrogens with zero attached hydrogens (tertiary/aromatic N) is 1. The van der Waals surface area contributed by atoms with Crippen molar-refractivity contribution < 1.29 is 0 Å². The topological polar surface area (TPSA) is 15.3 Å². The number of hydrogen-bond donors (Lipinski definition) is 1. The molecule has 2 heteroatoms. The summed E-state index contributed by atoms with van der Waals surface area (Å²) in [6.45, 7) is 13.0. The molecule has 1 N–H and O–H groups in total. The standard InChI is InChI=1S/C12H24N2/c1-10(2)14-9-12(5-6-12)8-13-7-11(14,3)4/h10,13H,5-9H2,1-4H3. The maximum atomic E-state index is 3.63. The first-order valence-corrected chi connectivity index (χ1v) is 5.93. The molecule has 1 saturated heterocycles. The van der Waals surface area contributed by atoms with Crippen molar-refractivity contribution in [1.29, 1.82) is 0 Å². The van der Waals surface area contributed by atoms with Crippen molar-refractivity contribution in [2.75, 3.05) is 19.6 Å². The Kier molecular flexibility index (Phi) is 2.39. The molecule has 14 heavy (non-hydrogen) atoms. The molecule has 1 aliphatic heterocycles. The number of nitrogens with one attached hydrogen (secondary N) is 1. The van der Waals surface area contributed by atoms with E-state index in [1.165, 1.54) is 25.9 Å². The van der Waals surface area contributed by atoms with Gasteiger partial charge in [-0.2, -0.15) is 0 Å². The highest BCUT2D eigenvalue weighted by Gasteiger charge is 2.48. The normalized spacial score (nSPS) is 30.6. The third-order valence-electron chi connectivity index (χ3n) is 3.92. The second-order valence-corrected chi connectivity index (χ2v) is 6.14. The number of hydrogen-bond acceptors (Lipinski definition) is 2. The Labute approximate surface area is 88.1 Å². The van der Waals surface area contributed by atoms with Crippen LogP contribution in [0.25, 0.3) is 0 Å². The van der Waals surface area contributed by atoms with Crippen LogP contribution in [0, 0.1) is 5.41 Å². The largest absolute Gasteiger partial charge is 0.314 e. The zero-order valence-electron chi connectivity index (χ0n) is 10.1. The van der Waals surface area contributed by atoms with Crippen molar-refractivity contribution in [3.63, 3.8) is 0 Å². The minimum absolute atomic E-state index is 0.320. The van der Waals surface area contributed by atoms with Gasteiger partial charge in [-0.05, 0) is 46.0 Å². The lowest BCUT2D eigenvalue weighted by atomic mass is 9.99. The molecule has 2 rings (SSSR count). The van der Waals surface area contributed by atoms with Crippen molar-refractivity contribution in [1.82, 2.24) is 10.2 Å². The minimum atomic E-state index is 0.320. The fourth-order valence-corrected chi connectivity index (χ4v) is 2.76. The highest BCUT2D eigenvalue weighted by molar-refractivity contribution is 5.03. The average Bonchev–Trinajstić information content (AvgIpc) is 2.81. The molecule has 0 atom stereocenters. The van der Waals surface area contributed by atoms with Crippen LogP contribution in [0.1, 0.15) is 40.5 Å². The van der Waals surface area contributed by atoms with Gasteiger partial charge in [-0.15, -0.1) is 0 Å². The van der Waals surface area contributed by atoms with E-state index in [0.29, 0.717) is 17.0 Å². The molecule has 0 bridgehead atoms. The highest BCUT2D eigenvalue weighted by Crippen LogP contribution is 2.47. The van der Waals surface area contributed by atoms with Gasteiger partial charge in [0.25, 0.3) is 0 Å².